The molecule has 1 heterocycles. The van der Waals surface area contributed by atoms with Crippen molar-refractivity contribution in [2.24, 2.45) is 0 Å². The molecule has 0 aliphatic carbocycles. The Bertz CT molecular complexity index is 314. The summed E-state index contributed by atoms with van der Waals surface area (Å²) in [6.07, 6.45) is 2.50. The molecule has 0 unspecified atom stereocenters. The second kappa shape index (κ2) is 5.18. The van der Waals surface area contributed by atoms with Crippen LogP contribution in [-0.4, -0.2) is 10.3 Å². The van der Waals surface area contributed by atoms with Gasteiger partial charge in [0.15, 0.2) is 0 Å². The molecule has 0 radical (unpaired) electrons. The van der Waals surface area contributed by atoms with Gasteiger partial charge in [-0.25, -0.2) is 4.98 Å². The topological polar surface area (TPSA) is 12.9 Å². The molecular weight excluding hydrogens is 237 g/mol. The van der Waals surface area contributed by atoms with Gasteiger partial charge in [-0.1, -0.05) is 39.4 Å². The average molecular weight is 245 g/mol. The summed E-state index contributed by atoms with van der Waals surface area (Å²) in [7, 11) is 0. The first-order valence-electron chi connectivity index (χ1n) is 3.49. The molecule has 0 aromatic carbocycles. The molecule has 12 heavy (non-hydrogen) atoms. The van der Waals surface area contributed by atoms with Crippen LogP contribution in [0.15, 0.2) is 18.3 Å². The van der Waals surface area contributed by atoms with Crippen LogP contribution in [0.25, 0.3) is 0 Å². The number of hydrogen-bond acceptors (Lipinski definition) is 1. The predicted molar refractivity (Wildman–Crippen MR) is 54.5 cm³/mol. The van der Waals surface area contributed by atoms with E-state index in [1.807, 2.05) is 6.07 Å². The third-order valence-electron chi connectivity index (χ3n) is 1.18. The summed E-state index contributed by atoms with van der Waals surface area (Å²) < 4.78 is 0. The zero-order valence-corrected chi connectivity index (χ0v) is 8.69. The van der Waals surface area contributed by atoms with E-state index < -0.39 is 0 Å². The van der Waals surface area contributed by atoms with Crippen LogP contribution in [0.2, 0.25) is 5.15 Å². The van der Waals surface area contributed by atoms with Gasteiger partial charge in [-0.05, 0) is 12.1 Å². The van der Waals surface area contributed by atoms with Crippen LogP contribution in [0, 0.1) is 11.8 Å². The van der Waals surface area contributed by atoms with Crippen molar-refractivity contribution < 1.29 is 0 Å². The maximum atomic E-state index is 5.67. The molecule has 0 saturated heterocycles. The lowest BCUT2D eigenvalue weighted by Crippen LogP contribution is -1.77. The van der Waals surface area contributed by atoms with Crippen LogP contribution in [0.4, 0.5) is 0 Å². The van der Waals surface area contributed by atoms with Gasteiger partial charge in [0, 0.05) is 23.5 Å². The Balaban J connectivity index is 2.71. The van der Waals surface area contributed by atoms with E-state index in [1.165, 1.54) is 0 Å². The highest BCUT2D eigenvalue weighted by Gasteiger charge is 1.88. The van der Waals surface area contributed by atoms with Gasteiger partial charge in [-0.3, -0.25) is 0 Å². The van der Waals surface area contributed by atoms with Crippen molar-refractivity contribution in [3.63, 3.8) is 0 Å². The Kier molecular flexibility index (Phi) is 4.13. The Morgan fingerprint density at radius 1 is 1.58 bits per heavy atom. The average Bonchev–Trinajstić information content (AvgIpc) is 2.05. The molecule has 1 nitrogen and oxygen atoms in total. The van der Waals surface area contributed by atoms with E-state index in [0.29, 0.717) is 5.15 Å². The first-order chi connectivity index (χ1) is 5.83. The molecule has 0 aliphatic heterocycles. The number of alkyl halides is 1. The van der Waals surface area contributed by atoms with Gasteiger partial charge in [0.05, 0.1) is 0 Å². The smallest absolute Gasteiger partial charge is 0.130 e. The Labute approximate surface area is 85.3 Å². The fourth-order valence-electron chi connectivity index (χ4n) is 0.692. The van der Waals surface area contributed by atoms with Crippen LogP contribution >= 0.6 is 27.5 Å². The van der Waals surface area contributed by atoms with Crippen LogP contribution in [0.1, 0.15) is 12.0 Å². The highest BCUT2D eigenvalue weighted by Crippen LogP contribution is 2.05. The number of halogens is 2. The van der Waals surface area contributed by atoms with Gasteiger partial charge in [0.1, 0.15) is 5.15 Å². The molecule has 0 fully saturated rings. The van der Waals surface area contributed by atoms with Crippen molar-refractivity contribution in [1.82, 2.24) is 4.98 Å². The molecule has 0 spiro atoms. The van der Waals surface area contributed by atoms with E-state index in [1.54, 1.807) is 12.3 Å². The molecular formula is C9H7BrClN. The van der Waals surface area contributed by atoms with Crippen molar-refractivity contribution in [2.75, 3.05) is 5.33 Å². The summed E-state index contributed by atoms with van der Waals surface area (Å²) >= 11 is 8.97. The van der Waals surface area contributed by atoms with Crippen molar-refractivity contribution >= 4 is 27.5 Å². The quantitative estimate of drug-likeness (QED) is 0.420. The van der Waals surface area contributed by atoms with Crippen LogP contribution < -0.4 is 0 Å². The number of rotatable bonds is 1. The third-order valence-corrected chi connectivity index (χ3v) is 1.78. The summed E-state index contributed by atoms with van der Waals surface area (Å²) in [4.78, 5) is 3.86. The number of nitrogens with zero attached hydrogens (tertiary/aromatic N) is 1. The monoisotopic (exact) mass is 243 g/mol. The maximum Gasteiger partial charge on any atom is 0.130 e. The summed E-state index contributed by atoms with van der Waals surface area (Å²) in [6, 6.07) is 3.59. The van der Waals surface area contributed by atoms with E-state index in [2.05, 4.69) is 32.8 Å². The summed E-state index contributed by atoms with van der Waals surface area (Å²) in [5, 5.41) is 1.39. The van der Waals surface area contributed by atoms with Gasteiger partial charge in [-0.15, -0.1) is 0 Å². The maximum absolute atomic E-state index is 5.67. The summed E-state index contributed by atoms with van der Waals surface area (Å²) in [5.41, 5.74) is 0.913. The predicted octanol–water partition coefficient (Wildman–Crippen LogP) is 2.87. The zero-order chi connectivity index (χ0) is 8.81. The van der Waals surface area contributed by atoms with Crippen molar-refractivity contribution in [2.45, 2.75) is 6.42 Å². The van der Waals surface area contributed by atoms with Crippen LogP contribution in [0.3, 0.4) is 0 Å². The Hall–Kier alpha value is -0.520. The van der Waals surface area contributed by atoms with Gasteiger partial charge in [0.2, 0.25) is 0 Å². The van der Waals surface area contributed by atoms with E-state index in [0.717, 1.165) is 17.3 Å². The first kappa shape index (κ1) is 9.57. The minimum atomic E-state index is 0.487. The van der Waals surface area contributed by atoms with Crippen molar-refractivity contribution in [3.8, 4) is 11.8 Å². The molecule has 0 bridgehead atoms. The summed E-state index contributed by atoms with van der Waals surface area (Å²) in [6.45, 7) is 0. The number of pyridine rings is 1. The fourth-order valence-corrected chi connectivity index (χ4v) is 1.06. The second-order valence-corrected chi connectivity index (χ2v) is 3.29. The Morgan fingerprint density at radius 2 is 2.42 bits per heavy atom. The molecule has 0 amide bonds. The zero-order valence-electron chi connectivity index (χ0n) is 6.35. The SMILES string of the molecule is Clc1cc(C#CCCBr)ccn1. The van der Waals surface area contributed by atoms with E-state index in [4.69, 9.17) is 11.6 Å². The first-order valence-corrected chi connectivity index (χ1v) is 4.99. The van der Waals surface area contributed by atoms with Crippen molar-refractivity contribution in [1.29, 1.82) is 0 Å². The second-order valence-electron chi connectivity index (χ2n) is 2.11. The highest BCUT2D eigenvalue weighted by molar-refractivity contribution is 9.09. The van der Waals surface area contributed by atoms with Gasteiger partial charge >= 0.3 is 0 Å². The lowest BCUT2D eigenvalue weighted by atomic mass is 10.3. The minimum absolute atomic E-state index is 0.487. The summed E-state index contributed by atoms with van der Waals surface area (Å²) in [5.74, 6) is 5.98. The highest BCUT2D eigenvalue weighted by atomic mass is 79.9. The van der Waals surface area contributed by atoms with Gasteiger partial charge in [0.25, 0.3) is 0 Å². The molecule has 0 aliphatic rings. The fraction of sp³-hybridized carbons (Fsp3) is 0.222. The van der Waals surface area contributed by atoms with E-state index in [9.17, 15) is 0 Å². The van der Waals surface area contributed by atoms with Gasteiger partial charge < -0.3 is 0 Å². The molecule has 1 aromatic rings. The van der Waals surface area contributed by atoms with Crippen LogP contribution in [-0.2, 0) is 0 Å². The van der Waals surface area contributed by atoms with E-state index >= 15 is 0 Å². The standard InChI is InChI=1S/C9H7BrClN/c10-5-2-1-3-8-4-6-12-9(11)7-8/h4,6-7H,2,5H2. The molecule has 0 atom stereocenters. The van der Waals surface area contributed by atoms with Crippen LogP contribution in [0.5, 0.6) is 0 Å². The Morgan fingerprint density at radius 3 is 3.08 bits per heavy atom. The lowest BCUT2D eigenvalue weighted by Gasteiger charge is -1.89. The van der Waals surface area contributed by atoms with Crippen molar-refractivity contribution in [3.05, 3.63) is 29.0 Å². The van der Waals surface area contributed by atoms with E-state index in [-0.39, 0.29) is 0 Å². The largest absolute Gasteiger partial charge is 0.244 e. The molecule has 1 rings (SSSR count). The third kappa shape index (κ3) is 3.25. The normalized spacial score (nSPS) is 8.83. The van der Waals surface area contributed by atoms with Gasteiger partial charge in [-0.2, -0.15) is 0 Å². The molecule has 62 valence electrons. The molecule has 3 heteroatoms. The number of hydrogen-bond donors (Lipinski definition) is 0. The number of aromatic nitrogens is 1. The minimum Gasteiger partial charge on any atom is -0.244 e. The molecule has 0 saturated carbocycles. The molecule has 1 aromatic heterocycles. The molecule has 0 N–H and O–H groups in total. The lowest BCUT2D eigenvalue weighted by molar-refractivity contribution is 1.30.